The summed E-state index contributed by atoms with van der Waals surface area (Å²) in [7, 11) is -3.74. The number of carbonyl (C=O) groups is 3. The van der Waals surface area contributed by atoms with Gasteiger partial charge in [-0.05, 0) is 31.0 Å². The second kappa shape index (κ2) is 11.0. The minimum absolute atomic E-state index is 0.00560. The van der Waals surface area contributed by atoms with Gasteiger partial charge in [-0.3, -0.25) is 14.4 Å². The summed E-state index contributed by atoms with van der Waals surface area (Å²) in [5.74, 6) is -3.57. The molecule has 30 heavy (non-hydrogen) atoms. The Morgan fingerprint density at radius 3 is 2.33 bits per heavy atom. The van der Waals surface area contributed by atoms with Gasteiger partial charge in [0.25, 0.3) is 0 Å². The van der Waals surface area contributed by atoms with Crippen LogP contribution >= 0.6 is 23.4 Å². The number of nitrogens with zero attached hydrogens (tertiary/aromatic N) is 1. The minimum atomic E-state index is -3.74. The van der Waals surface area contributed by atoms with Crippen molar-refractivity contribution in [2.75, 3.05) is 24.2 Å². The number of sulfonamides is 1. The Morgan fingerprint density at radius 1 is 1.13 bits per heavy atom. The third-order valence-electron chi connectivity index (χ3n) is 4.47. The van der Waals surface area contributed by atoms with Gasteiger partial charge in [-0.1, -0.05) is 24.4 Å². The number of anilines is 1. The van der Waals surface area contributed by atoms with Crippen LogP contribution in [0, 0.1) is 0 Å². The van der Waals surface area contributed by atoms with Crippen molar-refractivity contribution in [1.82, 2.24) is 4.31 Å². The average molecular weight is 479 g/mol. The molecule has 0 aliphatic carbocycles. The summed E-state index contributed by atoms with van der Waals surface area (Å²) in [6, 6.07) is 4.02. The lowest BCUT2D eigenvalue weighted by molar-refractivity contribution is -0.142. The fourth-order valence-corrected chi connectivity index (χ4v) is 5.47. The molecule has 0 aromatic heterocycles. The van der Waals surface area contributed by atoms with Crippen molar-refractivity contribution in [2.24, 2.45) is 0 Å². The van der Waals surface area contributed by atoms with E-state index in [9.17, 15) is 22.8 Å². The molecule has 1 fully saturated rings. The number of halogens is 1. The number of carboxylic acids is 2. The van der Waals surface area contributed by atoms with E-state index >= 15 is 0 Å². The number of rotatable bonds is 9. The number of hydrogen-bond acceptors (Lipinski definition) is 6. The average Bonchev–Trinajstić information content (AvgIpc) is 2.96. The summed E-state index contributed by atoms with van der Waals surface area (Å²) in [5.41, 5.74) is 0.0864. The van der Waals surface area contributed by atoms with Crippen LogP contribution in [0.1, 0.15) is 32.1 Å². The Balaban J connectivity index is 2.10. The maximum Gasteiger partial charge on any atom is 0.317 e. The fraction of sp³-hybridized carbons (Fsp3) is 0.500. The Morgan fingerprint density at radius 2 is 1.77 bits per heavy atom. The zero-order valence-electron chi connectivity index (χ0n) is 16.0. The van der Waals surface area contributed by atoms with Gasteiger partial charge in [-0.15, -0.1) is 11.8 Å². The van der Waals surface area contributed by atoms with Crippen molar-refractivity contribution in [3.05, 3.63) is 23.2 Å². The first-order chi connectivity index (χ1) is 14.1. The lowest BCUT2D eigenvalue weighted by Gasteiger charge is -2.20. The SMILES string of the molecule is O=C(O)C[C@H](SCC(=O)Nc1cc(S(=O)(=O)N2CCCCCC2)ccc1Cl)C(=O)O. The summed E-state index contributed by atoms with van der Waals surface area (Å²) in [6.45, 7) is 0.868. The van der Waals surface area contributed by atoms with Gasteiger partial charge in [-0.2, -0.15) is 4.31 Å². The van der Waals surface area contributed by atoms with Gasteiger partial charge in [0.15, 0.2) is 0 Å². The molecule has 1 aliphatic heterocycles. The number of hydrogen-bond donors (Lipinski definition) is 3. The van der Waals surface area contributed by atoms with Crippen LogP contribution in [-0.2, 0) is 24.4 Å². The lowest BCUT2D eigenvalue weighted by atomic mass is 10.2. The highest BCUT2D eigenvalue weighted by Crippen LogP contribution is 2.28. The molecule has 1 saturated heterocycles. The Bertz CT molecular complexity index is 900. The number of carboxylic acid groups (broad SMARTS) is 2. The number of benzene rings is 1. The third-order valence-corrected chi connectivity index (χ3v) is 7.89. The zero-order valence-corrected chi connectivity index (χ0v) is 18.4. The first-order valence-electron chi connectivity index (χ1n) is 9.27. The highest BCUT2D eigenvalue weighted by atomic mass is 35.5. The molecule has 3 N–H and O–H groups in total. The monoisotopic (exact) mass is 478 g/mol. The van der Waals surface area contributed by atoms with Crippen LogP contribution in [0.4, 0.5) is 5.69 Å². The summed E-state index contributed by atoms with van der Waals surface area (Å²) in [4.78, 5) is 34.0. The first kappa shape index (κ1) is 24.4. The van der Waals surface area contributed by atoms with Crippen molar-refractivity contribution in [2.45, 2.75) is 42.2 Å². The maximum absolute atomic E-state index is 12.9. The van der Waals surface area contributed by atoms with Gasteiger partial charge in [-0.25, -0.2) is 8.42 Å². The quantitative estimate of drug-likeness (QED) is 0.491. The molecule has 9 nitrogen and oxygen atoms in total. The van der Waals surface area contributed by atoms with E-state index in [-0.39, 0.29) is 21.4 Å². The van der Waals surface area contributed by atoms with Crippen molar-refractivity contribution in [3.63, 3.8) is 0 Å². The van der Waals surface area contributed by atoms with Crippen LogP contribution in [0.3, 0.4) is 0 Å². The predicted molar refractivity (Wildman–Crippen MR) is 113 cm³/mol. The second-order valence-electron chi connectivity index (χ2n) is 6.74. The van der Waals surface area contributed by atoms with E-state index in [1.807, 2.05) is 0 Å². The van der Waals surface area contributed by atoms with Crippen LogP contribution in [0.25, 0.3) is 0 Å². The molecule has 1 aromatic rings. The van der Waals surface area contributed by atoms with Crippen molar-refractivity contribution in [1.29, 1.82) is 0 Å². The van der Waals surface area contributed by atoms with Gasteiger partial charge in [0, 0.05) is 13.1 Å². The van der Waals surface area contributed by atoms with E-state index in [0.29, 0.717) is 24.9 Å². The molecule has 1 aliphatic rings. The van der Waals surface area contributed by atoms with E-state index < -0.39 is 39.5 Å². The van der Waals surface area contributed by atoms with E-state index in [4.69, 9.17) is 21.8 Å². The zero-order chi connectivity index (χ0) is 22.3. The van der Waals surface area contributed by atoms with E-state index in [0.717, 1.165) is 25.7 Å². The third kappa shape index (κ3) is 6.86. The summed E-state index contributed by atoms with van der Waals surface area (Å²) >= 11 is 6.75. The maximum atomic E-state index is 12.9. The number of amides is 1. The highest BCUT2D eigenvalue weighted by molar-refractivity contribution is 8.01. The molecule has 0 bridgehead atoms. The minimum Gasteiger partial charge on any atom is -0.481 e. The standard InChI is InChI=1S/C18H23ClN2O7S2/c19-13-6-5-12(30(27,28)21-7-3-1-2-4-8-21)9-14(13)20-16(22)11-29-15(18(25)26)10-17(23)24/h5-6,9,15H,1-4,7-8,10-11H2,(H,20,22)(H,23,24)(H,25,26)/t15-/m0/s1. The van der Waals surface area contributed by atoms with Gasteiger partial charge in [0.05, 0.1) is 27.8 Å². The molecule has 2 rings (SSSR count). The lowest BCUT2D eigenvalue weighted by Crippen LogP contribution is -2.32. The van der Waals surface area contributed by atoms with Crippen LogP contribution < -0.4 is 5.32 Å². The molecule has 0 unspecified atom stereocenters. The van der Waals surface area contributed by atoms with Crippen molar-refractivity contribution in [3.8, 4) is 0 Å². The van der Waals surface area contributed by atoms with Crippen LogP contribution in [0.2, 0.25) is 5.02 Å². The smallest absolute Gasteiger partial charge is 0.317 e. The molecule has 0 spiro atoms. The van der Waals surface area contributed by atoms with Crippen LogP contribution in [0.15, 0.2) is 23.1 Å². The van der Waals surface area contributed by atoms with Gasteiger partial charge in [0.2, 0.25) is 15.9 Å². The molecule has 0 saturated carbocycles. The molecule has 0 radical (unpaired) electrons. The molecular weight excluding hydrogens is 456 g/mol. The Labute approximate surface area is 183 Å². The Hall–Kier alpha value is -1.82. The molecule has 12 heteroatoms. The molecule has 1 aromatic carbocycles. The second-order valence-corrected chi connectivity index (χ2v) is 10.3. The van der Waals surface area contributed by atoms with Crippen LogP contribution in [0.5, 0.6) is 0 Å². The highest BCUT2D eigenvalue weighted by Gasteiger charge is 2.26. The number of thioether (sulfide) groups is 1. The van der Waals surface area contributed by atoms with Gasteiger partial charge in [0.1, 0.15) is 5.25 Å². The molecule has 166 valence electrons. The first-order valence-corrected chi connectivity index (χ1v) is 12.1. The van der Waals surface area contributed by atoms with Crippen molar-refractivity contribution < 1.29 is 33.0 Å². The van der Waals surface area contributed by atoms with Crippen molar-refractivity contribution >= 4 is 56.9 Å². The van der Waals surface area contributed by atoms with E-state index in [2.05, 4.69) is 5.32 Å². The number of aliphatic carboxylic acids is 2. The Kier molecular flexibility index (Phi) is 8.95. The molecule has 1 atom stereocenters. The topological polar surface area (TPSA) is 141 Å². The van der Waals surface area contributed by atoms with E-state index in [1.54, 1.807) is 0 Å². The summed E-state index contributed by atoms with van der Waals surface area (Å²) in [5, 5.41) is 19.1. The predicted octanol–water partition coefficient (Wildman–Crippen LogP) is 2.50. The fourth-order valence-electron chi connectivity index (χ4n) is 2.93. The summed E-state index contributed by atoms with van der Waals surface area (Å²) < 4.78 is 27.3. The van der Waals surface area contributed by atoms with Gasteiger partial charge >= 0.3 is 11.9 Å². The van der Waals surface area contributed by atoms with Gasteiger partial charge < -0.3 is 15.5 Å². The molecular formula is C18H23ClN2O7S2. The van der Waals surface area contributed by atoms with E-state index in [1.165, 1.54) is 22.5 Å². The number of nitrogens with one attached hydrogen (secondary N) is 1. The normalized spacial score (nSPS) is 16.4. The number of carbonyl (C=O) groups excluding carboxylic acids is 1. The largest absolute Gasteiger partial charge is 0.481 e. The van der Waals surface area contributed by atoms with Crippen LogP contribution in [-0.4, -0.2) is 64.9 Å². The molecule has 1 heterocycles. The molecule has 1 amide bonds. The summed E-state index contributed by atoms with van der Waals surface area (Å²) in [6.07, 6.45) is 2.90.